The molecule has 1 aromatic heterocycles. The first kappa shape index (κ1) is 15.5. The van der Waals surface area contributed by atoms with Gasteiger partial charge in [-0.2, -0.15) is 5.26 Å². The van der Waals surface area contributed by atoms with Crippen LogP contribution in [0.2, 0.25) is 0 Å². The first-order valence-corrected chi connectivity index (χ1v) is 6.89. The van der Waals surface area contributed by atoms with E-state index >= 15 is 0 Å². The fraction of sp³-hybridized carbons (Fsp3) is 0.235. The Morgan fingerprint density at radius 1 is 1.23 bits per heavy atom. The van der Waals surface area contributed by atoms with Crippen molar-refractivity contribution >= 4 is 11.6 Å². The molecule has 2 rings (SSSR count). The maximum Gasteiger partial charge on any atom is 0.250 e. The summed E-state index contributed by atoms with van der Waals surface area (Å²) in [7, 11) is 0. The molecule has 0 atom stereocenters. The first-order chi connectivity index (χ1) is 10.4. The Labute approximate surface area is 128 Å². The first-order valence-electron chi connectivity index (χ1n) is 6.89. The molecule has 112 valence electrons. The molecule has 0 aliphatic rings. The second-order valence-corrected chi connectivity index (χ2v) is 5.69. The van der Waals surface area contributed by atoms with Gasteiger partial charge < -0.3 is 9.88 Å². The molecule has 22 heavy (non-hydrogen) atoms. The zero-order valence-corrected chi connectivity index (χ0v) is 12.5. The fourth-order valence-electron chi connectivity index (χ4n) is 2.02. The molecule has 0 spiro atoms. The van der Waals surface area contributed by atoms with Crippen molar-refractivity contribution < 1.29 is 4.79 Å². The van der Waals surface area contributed by atoms with Crippen LogP contribution in [0.1, 0.15) is 19.4 Å². The minimum Gasteiger partial charge on any atom is -0.326 e. The van der Waals surface area contributed by atoms with E-state index in [1.54, 1.807) is 56.4 Å². The van der Waals surface area contributed by atoms with Gasteiger partial charge in [0, 0.05) is 24.5 Å². The van der Waals surface area contributed by atoms with E-state index in [4.69, 9.17) is 5.26 Å². The highest BCUT2D eigenvalue weighted by Crippen LogP contribution is 2.20. The Hall–Kier alpha value is -2.87. The number of hydrogen-bond donors (Lipinski definition) is 1. The van der Waals surface area contributed by atoms with Gasteiger partial charge in [-0.05, 0) is 44.2 Å². The van der Waals surface area contributed by atoms with E-state index in [0.29, 0.717) is 11.3 Å². The molecule has 0 fully saturated rings. The quantitative estimate of drug-likeness (QED) is 0.941. The van der Waals surface area contributed by atoms with Crippen LogP contribution in [0.15, 0.2) is 53.5 Å². The molecule has 5 nitrogen and oxygen atoms in total. The number of carbonyl (C=O) groups excluding carboxylic acids is 1. The van der Waals surface area contributed by atoms with Gasteiger partial charge >= 0.3 is 0 Å². The maximum absolute atomic E-state index is 12.4. The van der Waals surface area contributed by atoms with Crippen LogP contribution in [-0.2, 0) is 11.3 Å². The average Bonchev–Trinajstić information content (AvgIpc) is 2.50. The Bertz CT molecular complexity index is 767. The standard InChI is InChI=1S/C17H17N3O2/c1-17(2,12-20-10-4-3-5-15(20)21)16(22)19-14-8-6-13(11-18)7-9-14/h3-10H,12H2,1-2H3,(H,19,22). The monoisotopic (exact) mass is 295 g/mol. The summed E-state index contributed by atoms with van der Waals surface area (Å²) in [6, 6.07) is 13.6. The van der Waals surface area contributed by atoms with Crippen LogP contribution in [0.5, 0.6) is 0 Å². The lowest BCUT2D eigenvalue weighted by Crippen LogP contribution is -2.37. The predicted octanol–water partition coefficient (Wildman–Crippen LogP) is 2.38. The Morgan fingerprint density at radius 2 is 1.91 bits per heavy atom. The minimum atomic E-state index is -0.751. The van der Waals surface area contributed by atoms with Gasteiger partial charge in [-0.15, -0.1) is 0 Å². The van der Waals surface area contributed by atoms with Crippen molar-refractivity contribution in [1.29, 1.82) is 5.26 Å². The summed E-state index contributed by atoms with van der Waals surface area (Å²) in [5.74, 6) is -0.187. The molecule has 0 bridgehead atoms. The van der Waals surface area contributed by atoms with Crippen molar-refractivity contribution in [3.63, 3.8) is 0 Å². The molecule has 1 heterocycles. The lowest BCUT2D eigenvalue weighted by Gasteiger charge is -2.24. The number of nitriles is 1. The third-order valence-corrected chi connectivity index (χ3v) is 3.35. The van der Waals surface area contributed by atoms with Gasteiger partial charge in [0.1, 0.15) is 0 Å². The van der Waals surface area contributed by atoms with E-state index in [1.165, 1.54) is 10.6 Å². The number of carbonyl (C=O) groups is 1. The number of aromatic nitrogens is 1. The lowest BCUT2D eigenvalue weighted by atomic mass is 9.92. The van der Waals surface area contributed by atoms with Gasteiger partial charge in [-0.3, -0.25) is 9.59 Å². The molecule has 2 aromatic rings. The van der Waals surface area contributed by atoms with Gasteiger partial charge in [0.15, 0.2) is 0 Å². The highest BCUT2D eigenvalue weighted by atomic mass is 16.2. The number of rotatable bonds is 4. The lowest BCUT2D eigenvalue weighted by molar-refractivity contribution is -0.124. The van der Waals surface area contributed by atoms with Crippen LogP contribution in [0, 0.1) is 16.7 Å². The van der Waals surface area contributed by atoms with E-state index in [-0.39, 0.29) is 18.0 Å². The van der Waals surface area contributed by atoms with Crippen molar-refractivity contribution in [2.45, 2.75) is 20.4 Å². The van der Waals surface area contributed by atoms with Gasteiger partial charge in [0.25, 0.3) is 5.56 Å². The molecular formula is C17H17N3O2. The van der Waals surface area contributed by atoms with E-state index in [2.05, 4.69) is 5.32 Å². The summed E-state index contributed by atoms with van der Waals surface area (Å²) in [6.07, 6.45) is 1.67. The van der Waals surface area contributed by atoms with Gasteiger partial charge in [0.05, 0.1) is 17.0 Å². The number of pyridine rings is 1. The van der Waals surface area contributed by atoms with Crippen molar-refractivity contribution in [2.75, 3.05) is 5.32 Å². The van der Waals surface area contributed by atoms with Gasteiger partial charge in [0.2, 0.25) is 5.91 Å². The molecule has 0 radical (unpaired) electrons. The summed E-state index contributed by atoms with van der Waals surface area (Å²) in [5.41, 5.74) is 0.270. The zero-order valence-electron chi connectivity index (χ0n) is 12.5. The van der Waals surface area contributed by atoms with Gasteiger partial charge in [-0.25, -0.2) is 0 Å². The van der Waals surface area contributed by atoms with Crippen molar-refractivity contribution in [2.24, 2.45) is 5.41 Å². The number of amides is 1. The normalized spacial score (nSPS) is 10.8. The number of nitrogens with one attached hydrogen (secondary N) is 1. The largest absolute Gasteiger partial charge is 0.326 e. The third-order valence-electron chi connectivity index (χ3n) is 3.35. The molecular weight excluding hydrogens is 278 g/mol. The van der Waals surface area contributed by atoms with Crippen LogP contribution in [0.25, 0.3) is 0 Å². The van der Waals surface area contributed by atoms with Crippen molar-refractivity contribution in [3.05, 3.63) is 64.6 Å². The predicted molar refractivity (Wildman–Crippen MR) is 84.3 cm³/mol. The second kappa shape index (κ2) is 6.27. The molecule has 0 aliphatic heterocycles. The minimum absolute atomic E-state index is 0.137. The Morgan fingerprint density at radius 3 is 2.50 bits per heavy atom. The molecule has 0 saturated heterocycles. The van der Waals surface area contributed by atoms with E-state index < -0.39 is 5.41 Å². The van der Waals surface area contributed by atoms with Crippen LogP contribution >= 0.6 is 0 Å². The molecule has 5 heteroatoms. The highest BCUT2D eigenvalue weighted by molar-refractivity contribution is 5.94. The Balaban J connectivity index is 2.11. The average molecular weight is 295 g/mol. The smallest absolute Gasteiger partial charge is 0.250 e. The van der Waals surface area contributed by atoms with Gasteiger partial charge in [-0.1, -0.05) is 6.07 Å². The number of hydrogen-bond acceptors (Lipinski definition) is 3. The Kier molecular flexibility index (Phi) is 4.42. The fourth-order valence-corrected chi connectivity index (χ4v) is 2.02. The number of nitrogens with zero attached hydrogens (tertiary/aromatic N) is 2. The highest BCUT2D eigenvalue weighted by Gasteiger charge is 2.28. The molecule has 1 amide bonds. The topological polar surface area (TPSA) is 74.9 Å². The second-order valence-electron chi connectivity index (χ2n) is 5.69. The summed E-state index contributed by atoms with van der Waals surface area (Å²) >= 11 is 0. The van der Waals surface area contributed by atoms with Crippen LogP contribution < -0.4 is 10.9 Å². The summed E-state index contributed by atoms with van der Waals surface area (Å²) in [5, 5.41) is 11.6. The molecule has 1 aromatic carbocycles. The molecule has 0 aliphatic carbocycles. The summed E-state index contributed by atoms with van der Waals surface area (Å²) in [4.78, 5) is 24.2. The SMILES string of the molecule is CC(C)(Cn1ccccc1=O)C(=O)Nc1ccc(C#N)cc1. The zero-order chi connectivity index (χ0) is 16.2. The van der Waals surface area contributed by atoms with Crippen LogP contribution in [0.4, 0.5) is 5.69 Å². The molecule has 0 saturated carbocycles. The number of anilines is 1. The summed E-state index contributed by atoms with van der Waals surface area (Å²) < 4.78 is 1.51. The van der Waals surface area contributed by atoms with Crippen LogP contribution in [-0.4, -0.2) is 10.5 Å². The van der Waals surface area contributed by atoms with Crippen molar-refractivity contribution in [3.8, 4) is 6.07 Å². The van der Waals surface area contributed by atoms with E-state index in [0.717, 1.165) is 0 Å². The summed E-state index contributed by atoms with van der Waals surface area (Å²) in [6.45, 7) is 3.85. The van der Waals surface area contributed by atoms with Crippen molar-refractivity contribution in [1.82, 2.24) is 4.57 Å². The maximum atomic E-state index is 12.4. The molecule has 1 N–H and O–H groups in total. The molecule has 0 unspecified atom stereocenters. The third kappa shape index (κ3) is 3.61. The number of benzene rings is 1. The van der Waals surface area contributed by atoms with E-state index in [9.17, 15) is 9.59 Å². The van der Waals surface area contributed by atoms with Crippen LogP contribution in [0.3, 0.4) is 0 Å². The van der Waals surface area contributed by atoms with E-state index in [1.807, 2.05) is 6.07 Å².